The smallest absolute Gasteiger partial charge is 0.167 e. The van der Waals surface area contributed by atoms with E-state index in [0.29, 0.717) is 23.0 Å². The summed E-state index contributed by atoms with van der Waals surface area (Å²) in [5, 5.41) is 20.3. The molecule has 1 heterocycles. The van der Waals surface area contributed by atoms with E-state index in [4.69, 9.17) is 15.0 Å². The molecule has 0 amide bonds. The predicted octanol–water partition coefficient (Wildman–Crippen LogP) is 7.93. The first-order chi connectivity index (χ1) is 19.0. The summed E-state index contributed by atoms with van der Waals surface area (Å²) in [6.07, 6.45) is 0. The van der Waals surface area contributed by atoms with E-state index in [2.05, 4.69) is 55.5 Å². The lowest BCUT2D eigenvalue weighted by Crippen LogP contribution is -2.00. The van der Waals surface area contributed by atoms with Gasteiger partial charge in [0.2, 0.25) is 0 Å². The number of phenols is 2. The molecule has 2 N–H and O–H groups in total. The van der Waals surface area contributed by atoms with Gasteiger partial charge in [-0.1, -0.05) is 109 Å². The van der Waals surface area contributed by atoms with Crippen LogP contribution in [-0.4, -0.2) is 25.2 Å². The van der Waals surface area contributed by atoms with Crippen molar-refractivity contribution in [2.24, 2.45) is 0 Å². The molecule has 0 aliphatic rings. The van der Waals surface area contributed by atoms with E-state index in [1.807, 2.05) is 54.6 Å². The molecule has 5 aromatic carbocycles. The molecule has 0 aliphatic heterocycles. The maximum Gasteiger partial charge on any atom is 0.167 e. The highest BCUT2D eigenvalue weighted by Crippen LogP contribution is 2.33. The van der Waals surface area contributed by atoms with E-state index >= 15 is 0 Å². The van der Waals surface area contributed by atoms with Crippen LogP contribution in [0, 0.1) is 6.92 Å². The summed E-state index contributed by atoms with van der Waals surface area (Å²) >= 11 is 0. The van der Waals surface area contributed by atoms with Gasteiger partial charge in [0, 0.05) is 17.2 Å². The summed E-state index contributed by atoms with van der Waals surface area (Å²) in [7, 11) is 0. The number of aromatic nitrogens is 3. The summed E-state index contributed by atoms with van der Waals surface area (Å²) in [6, 6.07) is 39.1. The molecule has 5 nitrogen and oxygen atoms in total. The molecular weight excluding hydrogens is 482 g/mol. The van der Waals surface area contributed by atoms with Crippen LogP contribution in [0.3, 0.4) is 0 Å². The van der Waals surface area contributed by atoms with Crippen LogP contribution in [0.4, 0.5) is 0 Å². The van der Waals surface area contributed by atoms with Gasteiger partial charge < -0.3 is 10.2 Å². The maximum atomic E-state index is 10.6. The monoisotopic (exact) mass is 507 g/mol. The van der Waals surface area contributed by atoms with Crippen molar-refractivity contribution in [1.29, 1.82) is 0 Å². The molecule has 0 aliphatic carbocycles. The zero-order chi connectivity index (χ0) is 26.8. The van der Waals surface area contributed by atoms with Gasteiger partial charge in [-0.3, -0.25) is 0 Å². The average molecular weight is 508 g/mol. The Hall–Kier alpha value is -5.29. The lowest BCUT2D eigenvalue weighted by atomic mass is 10.0. The molecule has 0 atom stereocenters. The van der Waals surface area contributed by atoms with Crippen molar-refractivity contribution in [3.8, 4) is 67.9 Å². The number of rotatable bonds is 5. The standard InChI is InChI=1S/C34H25N3O2/c1-22-7-9-24(10-8-22)26-13-17-28(18-14-26)33-35-32(36-34(37-33)30-20-19-29(38)21-31(30)39)27-15-11-25(12-16-27)23-5-3-2-4-6-23/h2-21,38-39H,1H3. The Balaban J connectivity index is 1.43. The number of benzene rings is 5. The summed E-state index contributed by atoms with van der Waals surface area (Å²) < 4.78 is 0. The zero-order valence-corrected chi connectivity index (χ0v) is 21.3. The Bertz CT molecular complexity index is 1750. The fourth-order valence-electron chi connectivity index (χ4n) is 4.46. The van der Waals surface area contributed by atoms with Gasteiger partial charge in [0.15, 0.2) is 17.5 Å². The minimum Gasteiger partial charge on any atom is -0.508 e. The number of aryl methyl sites for hydroxylation is 1. The second-order valence-corrected chi connectivity index (χ2v) is 9.39. The number of hydrogen-bond donors (Lipinski definition) is 2. The molecule has 0 fully saturated rings. The highest BCUT2D eigenvalue weighted by Gasteiger charge is 2.15. The molecule has 6 aromatic rings. The number of hydrogen-bond acceptors (Lipinski definition) is 5. The van der Waals surface area contributed by atoms with Gasteiger partial charge in [-0.25, -0.2) is 15.0 Å². The molecule has 188 valence electrons. The fraction of sp³-hybridized carbons (Fsp3) is 0.0294. The van der Waals surface area contributed by atoms with Crippen molar-refractivity contribution in [2.75, 3.05) is 0 Å². The number of aromatic hydroxyl groups is 2. The molecule has 39 heavy (non-hydrogen) atoms. The Morgan fingerprint density at radius 3 is 1.38 bits per heavy atom. The molecular formula is C34H25N3O2. The lowest BCUT2D eigenvalue weighted by Gasteiger charge is -2.11. The Morgan fingerprint density at radius 1 is 0.436 bits per heavy atom. The highest BCUT2D eigenvalue weighted by atomic mass is 16.3. The van der Waals surface area contributed by atoms with Crippen molar-refractivity contribution < 1.29 is 10.2 Å². The third kappa shape index (κ3) is 5.11. The average Bonchev–Trinajstić information content (AvgIpc) is 2.98. The van der Waals surface area contributed by atoms with Crippen LogP contribution in [0.1, 0.15) is 5.56 Å². The van der Waals surface area contributed by atoms with Crippen LogP contribution in [0.2, 0.25) is 0 Å². The minimum atomic E-state index is -0.104. The third-order valence-corrected chi connectivity index (χ3v) is 6.64. The Morgan fingerprint density at radius 2 is 0.872 bits per heavy atom. The number of nitrogens with zero attached hydrogens (tertiary/aromatic N) is 3. The number of phenolic OH excluding ortho intramolecular Hbond substituents is 2. The van der Waals surface area contributed by atoms with Gasteiger partial charge >= 0.3 is 0 Å². The van der Waals surface area contributed by atoms with E-state index in [1.165, 1.54) is 17.7 Å². The molecule has 6 rings (SSSR count). The predicted molar refractivity (Wildman–Crippen MR) is 155 cm³/mol. The van der Waals surface area contributed by atoms with E-state index in [9.17, 15) is 10.2 Å². The summed E-state index contributed by atoms with van der Waals surface area (Å²) in [5.74, 6) is 1.17. The summed E-state index contributed by atoms with van der Waals surface area (Å²) in [4.78, 5) is 14.2. The Labute approximate surface area is 226 Å². The van der Waals surface area contributed by atoms with Crippen LogP contribution in [-0.2, 0) is 0 Å². The first-order valence-corrected chi connectivity index (χ1v) is 12.7. The normalized spacial score (nSPS) is 10.9. The molecule has 0 saturated heterocycles. The second kappa shape index (κ2) is 10.2. The first kappa shape index (κ1) is 24.1. The van der Waals surface area contributed by atoms with Crippen LogP contribution < -0.4 is 0 Å². The van der Waals surface area contributed by atoms with Crippen molar-refractivity contribution in [3.63, 3.8) is 0 Å². The van der Waals surface area contributed by atoms with Gasteiger partial charge in [-0.05, 0) is 41.3 Å². The first-order valence-electron chi connectivity index (χ1n) is 12.7. The van der Waals surface area contributed by atoms with Gasteiger partial charge in [-0.2, -0.15) is 0 Å². The van der Waals surface area contributed by atoms with Gasteiger partial charge in [0.05, 0.1) is 5.56 Å². The molecule has 0 unspecified atom stereocenters. The quantitative estimate of drug-likeness (QED) is 0.248. The van der Waals surface area contributed by atoms with Gasteiger partial charge in [-0.15, -0.1) is 0 Å². The molecule has 0 radical (unpaired) electrons. The SMILES string of the molecule is Cc1ccc(-c2ccc(-c3nc(-c4ccc(-c5ccccc5)cc4)nc(-c4ccc(O)cc4O)n3)cc2)cc1. The van der Waals surface area contributed by atoms with Crippen molar-refractivity contribution in [1.82, 2.24) is 15.0 Å². The minimum absolute atomic E-state index is 0.0334. The molecule has 0 saturated carbocycles. The maximum absolute atomic E-state index is 10.6. The summed E-state index contributed by atoms with van der Waals surface area (Å²) in [6.45, 7) is 2.07. The Kier molecular flexibility index (Phi) is 6.31. The van der Waals surface area contributed by atoms with Gasteiger partial charge in [0.1, 0.15) is 11.5 Å². The highest BCUT2D eigenvalue weighted by molar-refractivity contribution is 5.73. The van der Waals surface area contributed by atoms with Crippen LogP contribution >= 0.6 is 0 Å². The molecule has 0 bridgehead atoms. The van der Waals surface area contributed by atoms with Crippen LogP contribution in [0.15, 0.2) is 121 Å². The van der Waals surface area contributed by atoms with E-state index in [0.717, 1.165) is 33.4 Å². The molecule has 5 heteroatoms. The van der Waals surface area contributed by atoms with E-state index in [1.54, 1.807) is 6.07 Å². The van der Waals surface area contributed by atoms with Gasteiger partial charge in [0.25, 0.3) is 0 Å². The molecule has 0 spiro atoms. The van der Waals surface area contributed by atoms with Crippen molar-refractivity contribution >= 4 is 0 Å². The van der Waals surface area contributed by atoms with E-state index in [-0.39, 0.29) is 11.5 Å². The van der Waals surface area contributed by atoms with Crippen LogP contribution in [0.25, 0.3) is 56.4 Å². The second-order valence-electron chi connectivity index (χ2n) is 9.39. The molecule has 1 aromatic heterocycles. The largest absolute Gasteiger partial charge is 0.508 e. The third-order valence-electron chi connectivity index (χ3n) is 6.64. The lowest BCUT2D eigenvalue weighted by molar-refractivity contribution is 0.451. The van der Waals surface area contributed by atoms with Crippen LogP contribution in [0.5, 0.6) is 11.5 Å². The van der Waals surface area contributed by atoms with Crippen molar-refractivity contribution in [2.45, 2.75) is 6.92 Å². The van der Waals surface area contributed by atoms with E-state index < -0.39 is 0 Å². The topological polar surface area (TPSA) is 79.1 Å². The summed E-state index contributed by atoms with van der Waals surface area (Å²) in [5.41, 5.74) is 7.74. The van der Waals surface area contributed by atoms with Crippen molar-refractivity contribution in [3.05, 3.63) is 127 Å². The zero-order valence-electron chi connectivity index (χ0n) is 21.3. The fourth-order valence-corrected chi connectivity index (χ4v) is 4.46.